The van der Waals surface area contributed by atoms with Gasteiger partial charge in [-0.2, -0.15) is 0 Å². The lowest BCUT2D eigenvalue weighted by molar-refractivity contribution is -0.136. The second-order valence-corrected chi connectivity index (χ2v) is 5.50. The first kappa shape index (κ1) is 11.2. The molecule has 0 spiro atoms. The number of aromatic nitrogens is 2. The van der Waals surface area contributed by atoms with E-state index in [1.165, 1.54) is 0 Å². The normalized spacial score (nSPS) is 10.3. The SMILES string of the molecule is O=C(O)Cc1nccc(-c2ccc(Br)s2)n1. The van der Waals surface area contributed by atoms with Gasteiger partial charge in [-0.05, 0) is 34.1 Å². The first-order chi connectivity index (χ1) is 7.65. The van der Waals surface area contributed by atoms with Gasteiger partial charge in [0.1, 0.15) is 12.2 Å². The van der Waals surface area contributed by atoms with E-state index < -0.39 is 5.97 Å². The fraction of sp³-hybridized carbons (Fsp3) is 0.100. The minimum Gasteiger partial charge on any atom is -0.481 e. The zero-order valence-corrected chi connectivity index (χ0v) is 10.5. The lowest BCUT2D eigenvalue weighted by Gasteiger charge is -1.99. The molecule has 0 aromatic carbocycles. The Kier molecular flexibility index (Phi) is 3.31. The summed E-state index contributed by atoms with van der Waals surface area (Å²) < 4.78 is 1.01. The van der Waals surface area contributed by atoms with E-state index in [9.17, 15) is 4.79 Å². The van der Waals surface area contributed by atoms with E-state index in [0.29, 0.717) is 5.82 Å². The van der Waals surface area contributed by atoms with Crippen molar-refractivity contribution >= 4 is 33.2 Å². The Hall–Kier alpha value is -1.27. The van der Waals surface area contributed by atoms with E-state index in [1.54, 1.807) is 23.6 Å². The lowest BCUT2D eigenvalue weighted by atomic mass is 10.3. The van der Waals surface area contributed by atoms with Gasteiger partial charge in [-0.15, -0.1) is 11.3 Å². The largest absolute Gasteiger partial charge is 0.481 e. The summed E-state index contributed by atoms with van der Waals surface area (Å²) in [6.07, 6.45) is 1.43. The Morgan fingerprint density at radius 1 is 1.44 bits per heavy atom. The Morgan fingerprint density at radius 3 is 2.88 bits per heavy atom. The van der Waals surface area contributed by atoms with E-state index >= 15 is 0 Å². The molecule has 0 aliphatic heterocycles. The summed E-state index contributed by atoms with van der Waals surface area (Å²) in [6.45, 7) is 0. The molecule has 2 aromatic rings. The maximum atomic E-state index is 10.5. The number of nitrogens with zero attached hydrogens (tertiary/aromatic N) is 2. The predicted octanol–water partition coefficient (Wildman–Crippen LogP) is 2.59. The maximum absolute atomic E-state index is 10.5. The summed E-state index contributed by atoms with van der Waals surface area (Å²) in [5.74, 6) is -0.598. The van der Waals surface area contributed by atoms with Crippen molar-refractivity contribution in [3.05, 3.63) is 34.0 Å². The van der Waals surface area contributed by atoms with Crippen molar-refractivity contribution in [1.29, 1.82) is 0 Å². The van der Waals surface area contributed by atoms with Crippen molar-refractivity contribution in [2.45, 2.75) is 6.42 Å². The van der Waals surface area contributed by atoms with Crippen molar-refractivity contribution in [1.82, 2.24) is 9.97 Å². The summed E-state index contributed by atoms with van der Waals surface area (Å²) in [4.78, 5) is 19.6. The van der Waals surface area contributed by atoms with Gasteiger partial charge in [0.05, 0.1) is 14.4 Å². The highest BCUT2D eigenvalue weighted by atomic mass is 79.9. The van der Waals surface area contributed by atoms with E-state index in [0.717, 1.165) is 14.4 Å². The fourth-order valence-corrected chi connectivity index (χ4v) is 2.56. The number of carboxylic acids is 1. The Bertz CT molecular complexity index is 527. The zero-order chi connectivity index (χ0) is 11.5. The predicted molar refractivity (Wildman–Crippen MR) is 64.4 cm³/mol. The van der Waals surface area contributed by atoms with Gasteiger partial charge < -0.3 is 5.11 Å². The molecule has 0 bridgehead atoms. The number of hydrogen-bond acceptors (Lipinski definition) is 4. The van der Waals surface area contributed by atoms with Gasteiger partial charge in [0.15, 0.2) is 0 Å². The molecule has 6 heteroatoms. The highest BCUT2D eigenvalue weighted by molar-refractivity contribution is 9.11. The maximum Gasteiger partial charge on any atom is 0.311 e. The van der Waals surface area contributed by atoms with Crippen molar-refractivity contribution in [2.75, 3.05) is 0 Å². The number of carbonyl (C=O) groups is 1. The molecule has 0 unspecified atom stereocenters. The van der Waals surface area contributed by atoms with E-state index in [1.807, 2.05) is 12.1 Å². The van der Waals surface area contributed by atoms with Crippen LogP contribution in [0.15, 0.2) is 28.2 Å². The number of carboxylic acid groups (broad SMARTS) is 1. The van der Waals surface area contributed by atoms with E-state index in [4.69, 9.17) is 5.11 Å². The van der Waals surface area contributed by atoms with E-state index in [-0.39, 0.29) is 6.42 Å². The molecule has 4 nitrogen and oxygen atoms in total. The lowest BCUT2D eigenvalue weighted by Crippen LogP contribution is -2.04. The fourth-order valence-electron chi connectivity index (χ4n) is 1.21. The third-order valence-electron chi connectivity index (χ3n) is 1.84. The zero-order valence-electron chi connectivity index (χ0n) is 8.05. The minimum atomic E-state index is -0.926. The molecule has 0 saturated heterocycles. The molecule has 0 radical (unpaired) electrons. The number of thiophene rings is 1. The number of hydrogen-bond donors (Lipinski definition) is 1. The van der Waals surface area contributed by atoms with E-state index in [2.05, 4.69) is 25.9 Å². The average Bonchev–Trinajstić information content (AvgIpc) is 2.64. The monoisotopic (exact) mass is 298 g/mol. The molecular weight excluding hydrogens is 292 g/mol. The Morgan fingerprint density at radius 2 is 2.25 bits per heavy atom. The molecule has 2 heterocycles. The van der Waals surface area contributed by atoms with Crippen LogP contribution >= 0.6 is 27.3 Å². The highest BCUT2D eigenvalue weighted by Gasteiger charge is 2.07. The summed E-state index contributed by atoms with van der Waals surface area (Å²) in [5.41, 5.74) is 0.752. The van der Waals surface area contributed by atoms with Gasteiger partial charge >= 0.3 is 5.97 Å². The summed E-state index contributed by atoms with van der Waals surface area (Å²) in [7, 11) is 0. The molecule has 0 aliphatic carbocycles. The first-order valence-corrected chi connectivity index (χ1v) is 6.05. The van der Waals surface area contributed by atoms with Crippen LogP contribution in [0.5, 0.6) is 0 Å². The molecule has 2 aromatic heterocycles. The van der Waals surface area contributed by atoms with Crippen molar-refractivity contribution in [3.63, 3.8) is 0 Å². The molecule has 0 atom stereocenters. The topological polar surface area (TPSA) is 63.1 Å². The van der Waals surface area contributed by atoms with Crippen LogP contribution in [0.25, 0.3) is 10.6 Å². The third kappa shape index (κ3) is 2.65. The summed E-state index contributed by atoms with van der Waals surface area (Å²) >= 11 is 4.92. The van der Waals surface area contributed by atoms with Crippen LogP contribution in [0, 0.1) is 0 Å². The van der Waals surface area contributed by atoms with Crippen molar-refractivity contribution in [2.24, 2.45) is 0 Å². The second-order valence-electron chi connectivity index (χ2n) is 3.03. The summed E-state index contributed by atoms with van der Waals surface area (Å²) in [6, 6.07) is 5.63. The van der Waals surface area contributed by atoms with Gasteiger partial charge in [-0.3, -0.25) is 4.79 Å². The highest BCUT2D eigenvalue weighted by Crippen LogP contribution is 2.29. The molecule has 0 amide bonds. The van der Waals surface area contributed by atoms with Gasteiger partial charge in [-0.25, -0.2) is 9.97 Å². The Balaban J connectivity index is 2.32. The quantitative estimate of drug-likeness (QED) is 0.946. The van der Waals surface area contributed by atoms with Crippen LogP contribution in [-0.2, 0) is 11.2 Å². The first-order valence-electron chi connectivity index (χ1n) is 4.44. The van der Waals surface area contributed by atoms with Crippen molar-refractivity contribution < 1.29 is 9.90 Å². The molecule has 82 valence electrons. The van der Waals surface area contributed by atoms with Gasteiger partial charge in [-0.1, -0.05) is 0 Å². The molecular formula is C10H7BrN2O2S. The van der Waals surface area contributed by atoms with Crippen LogP contribution in [0.1, 0.15) is 5.82 Å². The standard InChI is InChI=1S/C10H7BrN2O2S/c11-8-2-1-7(16-8)6-3-4-12-9(13-6)5-10(14)15/h1-4H,5H2,(H,14,15). The van der Waals surface area contributed by atoms with Gasteiger partial charge in [0, 0.05) is 6.20 Å². The van der Waals surface area contributed by atoms with Crippen LogP contribution in [0.3, 0.4) is 0 Å². The molecule has 1 N–H and O–H groups in total. The molecule has 2 rings (SSSR count). The number of aliphatic carboxylic acids is 1. The number of rotatable bonds is 3. The third-order valence-corrected chi connectivity index (χ3v) is 3.49. The molecule has 0 fully saturated rings. The van der Waals surface area contributed by atoms with Gasteiger partial charge in [0.25, 0.3) is 0 Å². The van der Waals surface area contributed by atoms with Gasteiger partial charge in [0.2, 0.25) is 0 Å². The number of halogens is 1. The molecule has 0 saturated carbocycles. The molecule has 0 aliphatic rings. The van der Waals surface area contributed by atoms with Crippen LogP contribution in [-0.4, -0.2) is 21.0 Å². The minimum absolute atomic E-state index is 0.152. The molecule has 16 heavy (non-hydrogen) atoms. The smallest absolute Gasteiger partial charge is 0.311 e. The van der Waals surface area contributed by atoms with Crippen LogP contribution in [0.4, 0.5) is 0 Å². The summed E-state index contributed by atoms with van der Waals surface area (Å²) in [5, 5.41) is 8.65. The second kappa shape index (κ2) is 4.71. The average molecular weight is 299 g/mol. The van der Waals surface area contributed by atoms with Crippen molar-refractivity contribution in [3.8, 4) is 10.6 Å². The van der Waals surface area contributed by atoms with Crippen LogP contribution in [0.2, 0.25) is 0 Å². The Labute approximate surface area is 104 Å². The van der Waals surface area contributed by atoms with Crippen LogP contribution < -0.4 is 0 Å².